The van der Waals surface area contributed by atoms with Crippen molar-refractivity contribution in [3.05, 3.63) is 224 Å². The Morgan fingerprint density at radius 2 is 0.764 bits per heavy atom. The van der Waals surface area contributed by atoms with E-state index in [2.05, 4.69) is 229 Å². The molecule has 0 aromatic heterocycles. The molecule has 1 heteroatoms. The second-order valence-electron chi connectivity index (χ2n) is 14.1. The Hall–Kier alpha value is -7.22. The quantitative estimate of drug-likeness (QED) is 0.150. The van der Waals surface area contributed by atoms with E-state index in [1.807, 2.05) is 0 Å². The number of hydrogen-bond acceptors (Lipinski definition) is 1. The topological polar surface area (TPSA) is 3.24 Å². The molecule has 0 bridgehead atoms. The van der Waals surface area contributed by atoms with Gasteiger partial charge in [-0.2, -0.15) is 0 Å². The van der Waals surface area contributed by atoms with Crippen LogP contribution < -0.4 is 4.90 Å². The number of para-hydroxylation sites is 1. The van der Waals surface area contributed by atoms with E-state index in [0.717, 1.165) is 17.1 Å². The summed E-state index contributed by atoms with van der Waals surface area (Å²) in [5.74, 6) is 0. The van der Waals surface area contributed by atoms with Crippen LogP contribution >= 0.6 is 0 Å². The lowest BCUT2D eigenvalue weighted by Crippen LogP contribution is -2.12. The van der Waals surface area contributed by atoms with Gasteiger partial charge in [-0.25, -0.2) is 0 Å². The van der Waals surface area contributed by atoms with E-state index in [4.69, 9.17) is 0 Å². The standard InChI is InChI=1S/C54H37N/c1-3-15-38(16-4-1)44-31-34-54(51(36-44)41-18-5-2-6-19-41)55(46-32-29-40(30-33-46)43-28-27-39-17-7-8-20-42(39)35-43)53-26-14-13-25-50(53)52-37-45-21-9-10-22-47(45)48-23-11-12-24-49(48)52/h1-37H. The molecule has 0 aliphatic heterocycles. The molecular formula is C54H37N. The van der Waals surface area contributed by atoms with Gasteiger partial charge in [0.05, 0.1) is 11.4 Å². The predicted molar refractivity (Wildman–Crippen MR) is 235 cm³/mol. The molecule has 0 atom stereocenters. The molecule has 0 heterocycles. The normalized spacial score (nSPS) is 11.3. The highest BCUT2D eigenvalue weighted by Gasteiger charge is 2.22. The molecule has 0 unspecified atom stereocenters. The Kier molecular flexibility index (Phi) is 8.24. The van der Waals surface area contributed by atoms with E-state index in [1.165, 1.54) is 76.8 Å². The van der Waals surface area contributed by atoms with Crippen molar-refractivity contribution in [1.82, 2.24) is 0 Å². The molecule has 0 N–H and O–H groups in total. The third-order valence-electron chi connectivity index (χ3n) is 10.8. The largest absolute Gasteiger partial charge is 0.309 e. The molecule has 0 saturated heterocycles. The van der Waals surface area contributed by atoms with E-state index in [9.17, 15) is 0 Å². The van der Waals surface area contributed by atoms with Crippen molar-refractivity contribution in [2.45, 2.75) is 0 Å². The first-order valence-corrected chi connectivity index (χ1v) is 18.9. The smallest absolute Gasteiger partial charge is 0.0540 e. The average Bonchev–Trinajstić information content (AvgIpc) is 3.27. The van der Waals surface area contributed by atoms with Crippen LogP contribution in [0.1, 0.15) is 0 Å². The maximum absolute atomic E-state index is 2.46. The van der Waals surface area contributed by atoms with Gasteiger partial charge in [0, 0.05) is 16.8 Å². The first-order valence-electron chi connectivity index (χ1n) is 18.9. The van der Waals surface area contributed by atoms with Crippen molar-refractivity contribution < 1.29 is 0 Å². The maximum Gasteiger partial charge on any atom is 0.0540 e. The van der Waals surface area contributed by atoms with Crippen molar-refractivity contribution in [1.29, 1.82) is 0 Å². The lowest BCUT2D eigenvalue weighted by Gasteiger charge is -2.30. The van der Waals surface area contributed by atoms with Gasteiger partial charge < -0.3 is 4.90 Å². The van der Waals surface area contributed by atoms with Gasteiger partial charge in [-0.3, -0.25) is 0 Å². The summed E-state index contributed by atoms with van der Waals surface area (Å²) in [4.78, 5) is 2.46. The van der Waals surface area contributed by atoms with E-state index in [1.54, 1.807) is 0 Å². The van der Waals surface area contributed by atoms with Gasteiger partial charge in [0.1, 0.15) is 0 Å². The highest BCUT2D eigenvalue weighted by atomic mass is 15.1. The Morgan fingerprint density at radius 3 is 1.55 bits per heavy atom. The molecule has 0 aliphatic rings. The molecule has 0 amide bonds. The van der Waals surface area contributed by atoms with Gasteiger partial charge in [-0.05, 0) is 108 Å². The number of nitrogens with zero attached hydrogens (tertiary/aromatic N) is 1. The molecular weight excluding hydrogens is 663 g/mol. The van der Waals surface area contributed by atoms with Crippen molar-refractivity contribution in [2.24, 2.45) is 0 Å². The lowest BCUT2D eigenvalue weighted by atomic mass is 9.91. The molecule has 0 fully saturated rings. The van der Waals surface area contributed by atoms with Crippen molar-refractivity contribution in [3.63, 3.8) is 0 Å². The van der Waals surface area contributed by atoms with Gasteiger partial charge in [-0.1, -0.05) is 182 Å². The minimum Gasteiger partial charge on any atom is -0.309 e. The number of anilines is 3. The Morgan fingerprint density at radius 1 is 0.236 bits per heavy atom. The van der Waals surface area contributed by atoms with E-state index in [0.29, 0.717) is 0 Å². The van der Waals surface area contributed by atoms with Crippen LogP contribution in [0.4, 0.5) is 17.1 Å². The van der Waals surface area contributed by atoms with Crippen LogP contribution in [0, 0.1) is 0 Å². The predicted octanol–water partition coefficient (Wildman–Crippen LogP) is 15.3. The molecule has 0 aliphatic carbocycles. The fourth-order valence-corrected chi connectivity index (χ4v) is 8.14. The van der Waals surface area contributed by atoms with Crippen LogP contribution in [0.2, 0.25) is 0 Å². The second-order valence-corrected chi connectivity index (χ2v) is 14.1. The summed E-state index contributed by atoms with van der Waals surface area (Å²) in [5.41, 5.74) is 12.8. The fourth-order valence-electron chi connectivity index (χ4n) is 8.14. The Balaban J connectivity index is 1.21. The van der Waals surface area contributed by atoms with Crippen molar-refractivity contribution in [3.8, 4) is 44.5 Å². The summed E-state index contributed by atoms with van der Waals surface area (Å²) >= 11 is 0. The summed E-state index contributed by atoms with van der Waals surface area (Å²) < 4.78 is 0. The second kappa shape index (κ2) is 14.0. The zero-order chi connectivity index (χ0) is 36.6. The number of hydrogen-bond donors (Lipinski definition) is 0. The van der Waals surface area contributed by atoms with Gasteiger partial charge >= 0.3 is 0 Å². The summed E-state index contributed by atoms with van der Waals surface area (Å²) in [6, 6.07) is 81.6. The van der Waals surface area contributed by atoms with E-state index >= 15 is 0 Å². The highest BCUT2D eigenvalue weighted by Crippen LogP contribution is 2.47. The monoisotopic (exact) mass is 699 g/mol. The zero-order valence-electron chi connectivity index (χ0n) is 30.3. The van der Waals surface area contributed by atoms with E-state index in [-0.39, 0.29) is 0 Å². The maximum atomic E-state index is 2.46. The number of benzene rings is 10. The van der Waals surface area contributed by atoms with Crippen molar-refractivity contribution in [2.75, 3.05) is 4.90 Å². The third kappa shape index (κ3) is 6.02. The number of fused-ring (bicyclic) bond motifs is 4. The number of rotatable bonds is 7. The van der Waals surface area contributed by atoms with Crippen LogP contribution in [-0.4, -0.2) is 0 Å². The molecule has 0 radical (unpaired) electrons. The molecule has 10 aromatic rings. The first kappa shape index (κ1) is 32.4. The summed E-state index contributed by atoms with van der Waals surface area (Å²) in [6.45, 7) is 0. The lowest BCUT2D eigenvalue weighted by molar-refractivity contribution is 1.28. The summed E-state index contributed by atoms with van der Waals surface area (Å²) in [6.07, 6.45) is 0. The Labute approximate surface area is 322 Å². The molecule has 10 rings (SSSR count). The van der Waals surface area contributed by atoms with Crippen LogP contribution in [-0.2, 0) is 0 Å². The molecule has 0 spiro atoms. The van der Waals surface area contributed by atoms with E-state index < -0.39 is 0 Å². The fraction of sp³-hybridized carbons (Fsp3) is 0. The highest BCUT2D eigenvalue weighted by molar-refractivity contribution is 6.15. The van der Waals surface area contributed by atoms with Gasteiger partial charge in [0.15, 0.2) is 0 Å². The van der Waals surface area contributed by atoms with Crippen LogP contribution in [0.15, 0.2) is 224 Å². The van der Waals surface area contributed by atoms with Crippen molar-refractivity contribution >= 4 is 49.4 Å². The van der Waals surface area contributed by atoms with Gasteiger partial charge in [0.2, 0.25) is 0 Å². The van der Waals surface area contributed by atoms with Gasteiger partial charge in [0.25, 0.3) is 0 Å². The molecule has 10 aromatic carbocycles. The van der Waals surface area contributed by atoms with Crippen LogP contribution in [0.3, 0.4) is 0 Å². The first-order chi connectivity index (χ1) is 27.3. The molecule has 0 saturated carbocycles. The Bertz CT molecular complexity index is 2960. The average molecular weight is 700 g/mol. The SMILES string of the molecule is c1ccc(-c2ccc(N(c3ccc(-c4ccc5ccccc5c4)cc3)c3ccccc3-c3cc4ccccc4c4ccccc34)c(-c3ccccc3)c2)cc1. The molecule has 55 heavy (non-hydrogen) atoms. The molecule has 258 valence electrons. The minimum absolute atomic E-state index is 1.09. The van der Waals surface area contributed by atoms with Crippen LogP contribution in [0.25, 0.3) is 76.8 Å². The van der Waals surface area contributed by atoms with Crippen LogP contribution in [0.5, 0.6) is 0 Å². The summed E-state index contributed by atoms with van der Waals surface area (Å²) in [5, 5.41) is 7.49. The molecule has 1 nitrogen and oxygen atoms in total. The zero-order valence-corrected chi connectivity index (χ0v) is 30.3. The minimum atomic E-state index is 1.09. The summed E-state index contributed by atoms with van der Waals surface area (Å²) in [7, 11) is 0. The third-order valence-corrected chi connectivity index (χ3v) is 10.8. The van der Waals surface area contributed by atoms with Gasteiger partial charge in [-0.15, -0.1) is 0 Å².